The van der Waals surface area contributed by atoms with Crippen LogP contribution in [0.5, 0.6) is 0 Å². The maximum Gasteiger partial charge on any atom is 0.111 e. The van der Waals surface area contributed by atoms with Crippen molar-refractivity contribution in [3.63, 3.8) is 0 Å². The summed E-state index contributed by atoms with van der Waals surface area (Å²) in [6, 6.07) is 9.85. The first kappa shape index (κ1) is 10.1. The summed E-state index contributed by atoms with van der Waals surface area (Å²) in [6.45, 7) is 0. The number of hydrogen-bond donors (Lipinski definition) is 1. The van der Waals surface area contributed by atoms with Crippen LogP contribution in [0.25, 0.3) is 11.0 Å². The lowest BCUT2D eigenvalue weighted by molar-refractivity contribution is 1.04. The zero-order valence-electron chi connectivity index (χ0n) is 8.97. The van der Waals surface area contributed by atoms with Gasteiger partial charge in [-0.3, -0.25) is 0 Å². The second-order valence-electron chi connectivity index (χ2n) is 3.81. The first-order valence-corrected chi connectivity index (χ1v) is 6.20. The van der Waals surface area contributed by atoms with E-state index in [2.05, 4.69) is 32.9 Å². The Labute approximate surface area is 102 Å². The van der Waals surface area contributed by atoms with Crippen molar-refractivity contribution in [3.05, 3.63) is 52.0 Å². The van der Waals surface area contributed by atoms with Crippen molar-refractivity contribution in [2.24, 2.45) is 0 Å². The topological polar surface area (TPSA) is 52.5 Å². The van der Waals surface area contributed by atoms with Gasteiger partial charge in [0.1, 0.15) is 17.4 Å². The van der Waals surface area contributed by atoms with Gasteiger partial charge in [-0.15, -0.1) is 0 Å². The molecule has 0 amide bonds. The molecule has 1 N–H and O–H groups in total. The summed E-state index contributed by atoms with van der Waals surface area (Å²) >= 11 is 1.68. The first-order chi connectivity index (χ1) is 8.36. The average molecular weight is 239 g/mol. The summed E-state index contributed by atoms with van der Waals surface area (Å²) in [5.41, 5.74) is 3.55. The van der Waals surface area contributed by atoms with Gasteiger partial charge in [0, 0.05) is 6.42 Å². The Balaban J connectivity index is 2.05. The third-order valence-corrected chi connectivity index (χ3v) is 3.37. The SMILES string of the molecule is N#Cc1cccc2[nH]c(Cc3ccsc3)nc12. The van der Waals surface area contributed by atoms with Crippen molar-refractivity contribution in [2.45, 2.75) is 6.42 Å². The molecule has 17 heavy (non-hydrogen) atoms. The second-order valence-corrected chi connectivity index (χ2v) is 4.59. The number of fused-ring (bicyclic) bond motifs is 1. The molecule has 0 aliphatic heterocycles. The molecule has 0 radical (unpaired) electrons. The van der Waals surface area contributed by atoms with Crippen LogP contribution in [0.1, 0.15) is 17.0 Å². The Bertz CT molecular complexity index is 689. The number of nitriles is 1. The summed E-state index contributed by atoms with van der Waals surface area (Å²) in [7, 11) is 0. The van der Waals surface area contributed by atoms with Crippen molar-refractivity contribution in [3.8, 4) is 6.07 Å². The third kappa shape index (κ3) is 1.81. The molecule has 0 atom stereocenters. The van der Waals surface area contributed by atoms with Gasteiger partial charge in [0.2, 0.25) is 0 Å². The van der Waals surface area contributed by atoms with Crippen LogP contribution in [-0.2, 0) is 6.42 Å². The van der Waals surface area contributed by atoms with Crippen LogP contribution in [0, 0.1) is 11.3 Å². The number of para-hydroxylation sites is 1. The number of nitrogens with zero attached hydrogens (tertiary/aromatic N) is 2. The molecular formula is C13H9N3S. The lowest BCUT2D eigenvalue weighted by atomic mass is 10.2. The fourth-order valence-electron chi connectivity index (χ4n) is 1.84. The molecule has 0 fully saturated rings. The zero-order valence-corrected chi connectivity index (χ0v) is 9.79. The van der Waals surface area contributed by atoms with E-state index in [0.717, 1.165) is 23.3 Å². The first-order valence-electron chi connectivity index (χ1n) is 5.25. The number of H-pyrrole nitrogens is 1. The lowest BCUT2D eigenvalue weighted by Crippen LogP contribution is -1.87. The summed E-state index contributed by atoms with van der Waals surface area (Å²) in [5.74, 6) is 0.904. The van der Waals surface area contributed by atoms with Gasteiger partial charge in [0.15, 0.2) is 0 Å². The van der Waals surface area contributed by atoms with E-state index in [4.69, 9.17) is 5.26 Å². The van der Waals surface area contributed by atoms with Crippen molar-refractivity contribution >= 4 is 22.4 Å². The van der Waals surface area contributed by atoms with Gasteiger partial charge in [-0.25, -0.2) is 4.98 Å². The Hall–Kier alpha value is -2.12. The van der Waals surface area contributed by atoms with Crippen LogP contribution < -0.4 is 0 Å². The second kappa shape index (κ2) is 4.04. The highest BCUT2D eigenvalue weighted by molar-refractivity contribution is 7.07. The Morgan fingerprint density at radius 1 is 1.35 bits per heavy atom. The number of benzene rings is 1. The van der Waals surface area contributed by atoms with E-state index in [9.17, 15) is 0 Å². The highest BCUT2D eigenvalue weighted by Crippen LogP contribution is 2.18. The number of imidazole rings is 1. The van der Waals surface area contributed by atoms with Gasteiger partial charge in [-0.1, -0.05) is 6.07 Å². The molecule has 0 spiro atoms. The minimum Gasteiger partial charge on any atom is -0.342 e. The quantitative estimate of drug-likeness (QED) is 0.747. The van der Waals surface area contributed by atoms with Crippen molar-refractivity contribution in [1.29, 1.82) is 5.26 Å². The number of hydrogen-bond acceptors (Lipinski definition) is 3. The molecule has 2 heterocycles. The molecule has 3 rings (SSSR count). The van der Waals surface area contributed by atoms with Gasteiger partial charge in [-0.05, 0) is 34.5 Å². The van der Waals surface area contributed by atoms with Gasteiger partial charge in [-0.2, -0.15) is 16.6 Å². The summed E-state index contributed by atoms with van der Waals surface area (Å²) in [5, 5.41) is 13.2. The highest BCUT2D eigenvalue weighted by atomic mass is 32.1. The molecule has 0 bridgehead atoms. The van der Waals surface area contributed by atoms with E-state index in [1.54, 1.807) is 17.4 Å². The van der Waals surface area contributed by atoms with Gasteiger partial charge in [0.25, 0.3) is 0 Å². The van der Waals surface area contributed by atoms with Crippen LogP contribution in [0.2, 0.25) is 0 Å². The molecule has 82 valence electrons. The summed E-state index contributed by atoms with van der Waals surface area (Å²) in [4.78, 5) is 7.74. The van der Waals surface area contributed by atoms with E-state index < -0.39 is 0 Å². The lowest BCUT2D eigenvalue weighted by Gasteiger charge is -1.90. The smallest absolute Gasteiger partial charge is 0.111 e. The molecule has 0 saturated carbocycles. The molecule has 2 aromatic heterocycles. The Morgan fingerprint density at radius 3 is 3.06 bits per heavy atom. The normalized spacial score (nSPS) is 10.5. The predicted octanol–water partition coefficient (Wildman–Crippen LogP) is 3.09. The predicted molar refractivity (Wildman–Crippen MR) is 67.9 cm³/mol. The number of nitrogens with one attached hydrogen (secondary N) is 1. The van der Waals surface area contributed by atoms with Gasteiger partial charge < -0.3 is 4.98 Å². The molecule has 3 aromatic rings. The minimum atomic E-state index is 0.621. The van der Waals surface area contributed by atoms with Crippen LogP contribution in [0.4, 0.5) is 0 Å². The molecule has 4 heteroatoms. The Kier molecular flexibility index (Phi) is 2.39. The minimum absolute atomic E-state index is 0.621. The van der Waals surface area contributed by atoms with E-state index >= 15 is 0 Å². The maximum absolute atomic E-state index is 9.00. The highest BCUT2D eigenvalue weighted by Gasteiger charge is 2.07. The Morgan fingerprint density at radius 2 is 2.29 bits per heavy atom. The van der Waals surface area contributed by atoms with E-state index in [1.807, 2.05) is 12.1 Å². The van der Waals surface area contributed by atoms with E-state index in [0.29, 0.717) is 5.56 Å². The fraction of sp³-hybridized carbons (Fsp3) is 0.0769. The molecule has 3 nitrogen and oxygen atoms in total. The molecule has 0 aliphatic rings. The standard InChI is InChI=1S/C13H9N3S/c14-7-10-2-1-3-11-13(10)16-12(15-11)6-9-4-5-17-8-9/h1-5,8H,6H2,(H,15,16). The van der Waals surface area contributed by atoms with E-state index in [-0.39, 0.29) is 0 Å². The van der Waals surface area contributed by atoms with Crippen LogP contribution in [-0.4, -0.2) is 9.97 Å². The molecule has 0 aliphatic carbocycles. The number of aromatic nitrogens is 2. The van der Waals surface area contributed by atoms with Crippen LogP contribution >= 0.6 is 11.3 Å². The third-order valence-electron chi connectivity index (χ3n) is 2.63. The van der Waals surface area contributed by atoms with E-state index in [1.165, 1.54) is 5.56 Å². The largest absolute Gasteiger partial charge is 0.342 e. The number of rotatable bonds is 2. The molecular weight excluding hydrogens is 230 g/mol. The molecule has 0 unspecified atom stereocenters. The number of thiophene rings is 1. The average Bonchev–Trinajstić information content (AvgIpc) is 2.97. The van der Waals surface area contributed by atoms with Gasteiger partial charge in [0.05, 0.1) is 11.1 Å². The monoisotopic (exact) mass is 239 g/mol. The van der Waals surface area contributed by atoms with Crippen molar-refractivity contribution in [1.82, 2.24) is 9.97 Å². The summed E-state index contributed by atoms with van der Waals surface area (Å²) in [6.07, 6.45) is 0.781. The van der Waals surface area contributed by atoms with Crippen molar-refractivity contribution in [2.75, 3.05) is 0 Å². The molecule has 1 aromatic carbocycles. The van der Waals surface area contributed by atoms with Crippen LogP contribution in [0.15, 0.2) is 35.0 Å². The summed E-state index contributed by atoms with van der Waals surface area (Å²) < 4.78 is 0. The maximum atomic E-state index is 9.00. The fourth-order valence-corrected chi connectivity index (χ4v) is 2.51. The number of aromatic amines is 1. The van der Waals surface area contributed by atoms with Crippen LogP contribution in [0.3, 0.4) is 0 Å². The zero-order chi connectivity index (χ0) is 11.7. The van der Waals surface area contributed by atoms with Gasteiger partial charge >= 0.3 is 0 Å². The molecule has 0 saturated heterocycles. The van der Waals surface area contributed by atoms with Crippen molar-refractivity contribution < 1.29 is 0 Å².